The van der Waals surface area contributed by atoms with Gasteiger partial charge < -0.3 is 20.5 Å². The van der Waals surface area contributed by atoms with E-state index < -0.39 is 11.7 Å². The van der Waals surface area contributed by atoms with Gasteiger partial charge in [-0.2, -0.15) is 0 Å². The van der Waals surface area contributed by atoms with Gasteiger partial charge in [0.15, 0.2) is 0 Å². The van der Waals surface area contributed by atoms with Crippen LogP contribution in [0.4, 0.5) is 10.5 Å². The molecule has 1 heterocycles. The minimum atomic E-state index is -0.507. The van der Waals surface area contributed by atoms with Crippen molar-refractivity contribution in [1.82, 2.24) is 10.3 Å². The highest BCUT2D eigenvalue weighted by molar-refractivity contribution is 5.68. The van der Waals surface area contributed by atoms with E-state index in [1.807, 2.05) is 20.8 Å². The minimum absolute atomic E-state index is 0.327. The molecule has 3 N–H and O–H groups in total. The van der Waals surface area contributed by atoms with Gasteiger partial charge in [-0.05, 0) is 32.9 Å². The highest BCUT2D eigenvalue weighted by Gasteiger charge is 2.14. The van der Waals surface area contributed by atoms with Gasteiger partial charge in [0, 0.05) is 12.6 Å². The minimum Gasteiger partial charge on any atom is -0.481 e. The average Bonchev–Trinajstić information content (AvgIpc) is 2.34. The quantitative estimate of drug-likeness (QED) is 0.882. The Kier molecular flexibility index (Phi) is 5.37. The molecule has 0 unspecified atom stereocenters. The molecule has 1 rings (SSSR count). The van der Waals surface area contributed by atoms with Crippen molar-refractivity contribution >= 4 is 17.9 Å². The summed E-state index contributed by atoms with van der Waals surface area (Å²) in [5, 5.41) is 2.61. The maximum absolute atomic E-state index is 11.4. The van der Waals surface area contributed by atoms with Crippen molar-refractivity contribution in [3.8, 4) is 5.88 Å². The number of pyridine rings is 1. The molecule has 1 amide bonds. The number of aromatic nitrogens is 1. The zero-order chi connectivity index (χ0) is 15.2. The van der Waals surface area contributed by atoms with Crippen LogP contribution < -0.4 is 15.8 Å². The number of amides is 1. The number of hydrogen-bond acceptors (Lipinski definition) is 5. The van der Waals surface area contributed by atoms with E-state index in [-0.39, 0.29) is 0 Å². The Bertz CT molecular complexity index is 493. The normalized spacial score (nSPS) is 11.4. The van der Waals surface area contributed by atoms with E-state index in [2.05, 4.69) is 10.3 Å². The van der Waals surface area contributed by atoms with Crippen molar-refractivity contribution in [3.63, 3.8) is 0 Å². The molecular weight excluding hydrogens is 258 g/mol. The molecule has 0 saturated carbocycles. The summed E-state index contributed by atoms with van der Waals surface area (Å²) in [6, 6.07) is 3.40. The van der Waals surface area contributed by atoms with Gasteiger partial charge in [0.1, 0.15) is 5.60 Å². The van der Waals surface area contributed by atoms with Crippen molar-refractivity contribution in [3.05, 3.63) is 23.9 Å². The van der Waals surface area contributed by atoms with Crippen LogP contribution in [0.25, 0.3) is 6.08 Å². The van der Waals surface area contributed by atoms with Gasteiger partial charge in [-0.3, -0.25) is 0 Å². The number of carbonyl (C=O) groups excluding carboxylic acids is 1. The molecule has 6 heteroatoms. The monoisotopic (exact) mass is 279 g/mol. The SMILES string of the molecule is COc1ccc(N)c(C=CCNC(=O)OC(C)(C)C)n1. The maximum atomic E-state index is 11.4. The summed E-state index contributed by atoms with van der Waals surface area (Å²) in [4.78, 5) is 15.6. The van der Waals surface area contributed by atoms with Gasteiger partial charge >= 0.3 is 6.09 Å². The van der Waals surface area contributed by atoms with Crippen molar-refractivity contribution < 1.29 is 14.3 Å². The summed E-state index contributed by atoms with van der Waals surface area (Å²) >= 11 is 0. The fourth-order valence-electron chi connectivity index (χ4n) is 1.34. The van der Waals surface area contributed by atoms with E-state index in [0.717, 1.165) is 0 Å². The van der Waals surface area contributed by atoms with Gasteiger partial charge in [-0.15, -0.1) is 0 Å². The third-order valence-electron chi connectivity index (χ3n) is 2.18. The molecular formula is C14H21N3O3. The molecule has 1 aromatic heterocycles. The van der Waals surface area contributed by atoms with Crippen LogP contribution in [-0.4, -0.2) is 30.3 Å². The topological polar surface area (TPSA) is 86.5 Å². The van der Waals surface area contributed by atoms with Gasteiger partial charge in [-0.25, -0.2) is 9.78 Å². The lowest BCUT2D eigenvalue weighted by Gasteiger charge is -2.19. The van der Waals surface area contributed by atoms with Crippen molar-refractivity contribution in [1.29, 1.82) is 0 Å². The van der Waals surface area contributed by atoms with Crippen LogP contribution in [0.2, 0.25) is 0 Å². The number of nitrogen functional groups attached to an aromatic ring is 1. The first-order valence-corrected chi connectivity index (χ1v) is 6.26. The zero-order valence-electron chi connectivity index (χ0n) is 12.3. The average molecular weight is 279 g/mol. The Morgan fingerprint density at radius 1 is 1.45 bits per heavy atom. The third kappa shape index (κ3) is 5.60. The molecule has 0 saturated heterocycles. The van der Waals surface area contributed by atoms with E-state index in [9.17, 15) is 4.79 Å². The molecule has 0 spiro atoms. The first-order chi connectivity index (χ1) is 9.31. The second-order valence-electron chi connectivity index (χ2n) is 5.11. The molecule has 0 aliphatic rings. The first kappa shape index (κ1) is 15.8. The number of nitrogens with two attached hydrogens (primary N) is 1. The smallest absolute Gasteiger partial charge is 0.407 e. The number of alkyl carbamates (subject to hydrolysis) is 1. The van der Waals surface area contributed by atoms with E-state index in [1.54, 1.807) is 24.3 Å². The zero-order valence-corrected chi connectivity index (χ0v) is 12.3. The molecule has 0 radical (unpaired) electrons. The second-order valence-corrected chi connectivity index (χ2v) is 5.11. The van der Waals surface area contributed by atoms with Crippen LogP contribution in [0.1, 0.15) is 26.5 Å². The lowest BCUT2D eigenvalue weighted by atomic mass is 10.2. The Morgan fingerprint density at radius 2 is 2.15 bits per heavy atom. The number of ether oxygens (including phenoxy) is 2. The van der Waals surface area contributed by atoms with E-state index in [1.165, 1.54) is 7.11 Å². The van der Waals surface area contributed by atoms with Gasteiger partial charge in [0.25, 0.3) is 0 Å². The highest BCUT2D eigenvalue weighted by atomic mass is 16.6. The summed E-state index contributed by atoms with van der Waals surface area (Å²) in [5.41, 5.74) is 6.41. The summed E-state index contributed by atoms with van der Waals surface area (Å²) < 4.78 is 10.1. The van der Waals surface area contributed by atoms with Gasteiger partial charge in [-0.1, -0.05) is 6.08 Å². The largest absolute Gasteiger partial charge is 0.481 e. The van der Waals surface area contributed by atoms with Crippen molar-refractivity contribution in [2.45, 2.75) is 26.4 Å². The predicted molar refractivity (Wildman–Crippen MR) is 78.5 cm³/mol. The number of nitrogens with one attached hydrogen (secondary N) is 1. The van der Waals surface area contributed by atoms with Crippen LogP contribution in [0.5, 0.6) is 5.88 Å². The van der Waals surface area contributed by atoms with Crippen LogP contribution >= 0.6 is 0 Å². The molecule has 0 aromatic carbocycles. The fourth-order valence-corrected chi connectivity index (χ4v) is 1.34. The lowest BCUT2D eigenvalue weighted by Crippen LogP contribution is -2.32. The molecule has 6 nitrogen and oxygen atoms in total. The number of hydrogen-bond donors (Lipinski definition) is 2. The van der Waals surface area contributed by atoms with Gasteiger partial charge in [0.05, 0.1) is 18.5 Å². The lowest BCUT2D eigenvalue weighted by molar-refractivity contribution is 0.0534. The van der Waals surface area contributed by atoms with Gasteiger partial charge in [0.2, 0.25) is 5.88 Å². The van der Waals surface area contributed by atoms with Crippen LogP contribution in [0, 0.1) is 0 Å². The predicted octanol–water partition coefficient (Wildman–Crippen LogP) is 2.21. The van der Waals surface area contributed by atoms with Crippen LogP contribution in [0.3, 0.4) is 0 Å². The molecule has 0 bridgehead atoms. The highest BCUT2D eigenvalue weighted by Crippen LogP contribution is 2.15. The molecule has 0 aliphatic heterocycles. The molecule has 0 fully saturated rings. The number of anilines is 1. The molecule has 1 aromatic rings. The van der Waals surface area contributed by atoms with E-state index in [0.29, 0.717) is 23.8 Å². The molecule has 0 atom stereocenters. The summed E-state index contributed by atoms with van der Waals surface area (Å²) in [6.07, 6.45) is 2.99. The van der Waals surface area contributed by atoms with E-state index in [4.69, 9.17) is 15.2 Å². The summed E-state index contributed by atoms with van der Waals surface area (Å²) in [6.45, 7) is 5.75. The number of methoxy groups -OCH3 is 1. The molecule has 20 heavy (non-hydrogen) atoms. The Morgan fingerprint density at radius 3 is 2.75 bits per heavy atom. The number of nitrogens with zero attached hydrogens (tertiary/aromatic N) is 1. The summed E-state index contributed by atoms with van der Waals surface area (Å²) in [5.74, 6) is 0.485. The standard InChI is InChI=1S/C14H21N3O3/c1-14(2,3)20-13(18)16-9-5-6-11-10(15)7-8-12(17-11)19-4/h5-8H,9,15H2,1-4H3,(H,16,18). The maximum Gasteiger partial charge on any atom is 0.407 e. The fraction of sp³-hybridized carbons (Fsp3) is 0.429. The second kappa shape index (κ2) is 6.79. The third-order valence-corrected chi connectivity index (χ3v) is 2.18. The number of rotatable bonds is 4. The van der Waals surface area contributed by atoms with Crippen LogP contribution in [0.15, 0.2) is 18.2 Å². The first-order valence-electron chi connectivity index (χ1n) is 6.26. The Hall–Kier alpha value is -2.24. The van der Waals surface area contributed by atoms with Crippen molar-refractivity contribution in [2.75, 3.05) is 19.4 Å². The van der Waals surface area contributed by atoms with E-state index >= 15 is 0 Å². The Balaban J connectivity index is 2.51. The molecule has 0 aliphatic carbocycles. The summed E-state index contributed by atoms with van der Waals surface area (Å²) in [7, 11) is 1.54. The Labute approximate surface area is 119 Å². The van der Waals surface area contributed by atoms with Crippen LogP contribution in [-0.2, 0) is 4.74 Å². The number of carbonyl (C=O) groups is 1. The molecule has 110 valence electrons. The van der Waals surface area contributed by atoms with Crippen molar-refractivity contribution in [2.24, 2.45) is 0 Å².